The maximum atomic E-state index is 10.2. The molecule has 0 aliphatic rings. The zero-order chi connectivity index (χ0) is 11.2. The molecule has 0 aromatic rings. The van der Waals surface area contributed by atoms with Crippen molar-refractivity contribution in [2.24, 2.45) is 0 Å². The van der Waals surface area contributed by atoms with E-state index in [9.17, 15) is 4.79 Å². The second-order valence-electron chi connectivity index (χ2n) is 2.34. The van der Waals surface area contributed by atoms with Gasteiger partial charge in [-0.2, -0.15) is 0 Å². The first-order valence-corrected chi connectivity index (χ1v) is 4.35. The van der Waals surface area contributed by atoms with E-state index in [0.29, 0.717) is 20.0 Å². The van der Waals surface area contributed by atoms with Crippen LogP contribution in [0.1, 0.15) is 19.8 Å². The van der Waals surface area contributed by atoms with Crippen LogP contribution < -0.4 is 0 Å². The SMILES string of the molecule is CCCC(=O)OC.COCOCOC. The minimum atomic E-state index is -0.123. The fourth-order valence-corrected chi connectivity index (χ4v) is 0.507. The van der Waals surface area contributed by atoms with Gasteiger partial charge < -0.3 is 18.9 Å². The fraction of sp³-hybridized carbons (Fsp3) is 0.889. The largest absolute Gasteiger partial charge is 0.469 e. The summed E-state index contributed by atoms with van der Waals surface area (Å²) in [5, 5.41) is 0. The molecule has 0 unspecified atom stereocenters. The standard InChI is InChI=1S/C5H10O2.C4H10O3/c1-3-4-5(6)7-2;1-5-3-7-4-6-2/h2*3-4H2,1-2H3. The molecule has 14 heavy (non-hydrogen) atoms. The molecule has 0 saturated heterocycles. The quantitative estimate of drug-likeness (QED) is 0.372. The average Bonchev–Trinajstić information content (AvgIpc) is 2.20. The summed E-state index contributed by atoms with van der Waals surface area (Å²) in [7, 11) is 4.53. The van der Waals surface area contributed by atoms with Crippen LogP contribution in [0.2, 0.25) is 0 Å². The third-order valence-corrected chi connectivity index (χ3v) is 1.08. The highest BCUT2D eigenvalue weighted by Crippen LogP contribution is 1.86. The summed E-state index contributed by atoms with van der Waals surface area (Å²) in [5.41, 5.74) is 0. The van der Waals surface area contributed by atoms with Crippen molar-refractivity contribution in [3.8, 4) is 0 Å². The number of rotatable bonds is 6. The van der Waals surface area contributed by atoms with E-state index < -0.39 is 0 Å². The van der Waals surface area contributed by atoms with Gasteiger partial charge in [-0.1, -0.05) is 6.92 Å². The van der Waals surface area contributed by atoms with Gasteiger partial charge in [0.15, 0.2) is 0 Å². The Labute approximate surface area is 85.3 Å². The van der Waals surface area contributed by atoms with Crippen molar-refractivity contribution in [3.63, 3.8) is 0 Å². The fourth-order valence-electron chi connectivity index (χ4n) is 0.507. The Bertz CT molecular complexity index is 112. The Morgan fingerprint density at radius 3 is 1.79 bits per heavy atom. The number of hydrogen-bond donors (Lipinski definition) is 0. The highest BCUT2D eigenvalue weighted by atomic mass is 16.7. The molecule has 0 aliphatic carbocycles. The van der Waals surface area contributed by atoms with Crippen molar-refractivity contribution < 1.29 is 23.7 Å². The van der Waals surface area contributed by atoms with Crippen molar-refractivity contribution >= 4 is 5.97 Å². The maximum absolute atomic E-state index is 10.2. The summed E-state index contributed by atoms with van der Waals surface area (Å²) < 4.78 is 18.1. The van der Waals surface area contributed by atoms with E-state index in [-0.39, 0.29) is 5.97 Å². The predicted molar refractivity (Wildman–Crippen MR) is 51.8 cm³/mol. The first kappa shape index (κ1) is 15.8. The van der Waals surface area contributed by atoms with Crippen LogP contribution in [-0.2, 0) is 23.7 Å². The summed E-state index contributed by atoms with van der Waals surface area (Å²) in [4.78, 5) is 10.2. The second-order valence-corrected chi connectivity index (χ2v) is 2.34. The highest BCUT2D eigenvalue weighted by Gasteiger charge is 1.92. The molecule has 0 atom stereocenters. The zero-order valence-electron chi connectivity index (χ0n) is 9.37. The molecule has 0 aromatic carbocycles. The molecule has 86 valence electrons. The lowest BCUT2D eigenvalue weighted by molar-refractivity contribution is -0.140. The molecule has 0 rings (SSSR count). The van der Waals surface area contributed by atoms with E-state index in [1.165, 1.54) is 7.11 Å². The molecule has 5 heteroatoms. The van der Waals surface area contributed by atoms with E-state index >= 15 is 0 Å². The summed E-state index contributed by atoms with van der Waals surface area (Å²) in [5.74, 6) is -0.123. The van der Waals surface area contributed by atoms with Crippen molar-refractivity contribution in [3.05, 3.63) is 0 Å². The monoisotopic (exact) mass is 208 g/mol. The summed E-state index contributed by atoms with van der Waals surface area (Å²) in [6.45, 7) is 2.54. The van der Waals surface area contributed by atoms with E-state index in [1.54, 1.807) is 14.2 Å². The van der Waals surface area contributed by atoms with Crippen LogP contribution in [-0.4, -0.2) is 40.9 Å². The van der Waals surface area contributed by atoms with Crippen molar-refractivity contribution in [2.75, 3.05) is 34.9 Å². The molecule has 0 N–H and O–H groups in total. The molecule has 0 radical (unpaired) electrons. The average molecular weight is 208 g/mol. The van der Waals surface area contributed by atoms with E-state index in [4.69, 9.17) is 0 Å². The van der Waals surface area contributed by atoms with Crippen molar-refractivity contribution in [2.45, 2.75) is 19.8 Å². The van der Waals surface area contributed by atoms with Crippen LogP contribution in [0.3, 0.4) is 0 Å². The van der Waals surface area contributed by atoms with Gasteiger partial charge >= 0.3 is 5.97 Å². The molecule has 0 spiro atoms. The zero-order valence-corrected chi connectivity index (χ0v) is 9.37. The number of carbonyl (C=O) groups is 1. The Kier molecular flexibility index (Phi) is 16.8. The Morgan fingerprint density at radius 2 is 1.57 bits per heavy atom. The van der Waals surface area contributed by atoms with Crippen LogP contribution in [0, 0.1) is 0 Å². The van der Waals surface area contributed by atoms with Crippen molar-refractivity contribution in [1.82, 2.24) is 0 Å². The first-order chi connectivity index (χ1) is 6.72. The van der Waals surface area contributed by atoms with E-state index in [1.807, 2.05) is 6.92 Å². The number of carbonyl (C=O) groups excluding carboxylic acids is 1. The van der Waals surface area contributed by atoms with Crippen molar-refractivity contribution in [1.29, 1.82) is 0 Å². The van der Waals surface area contributed by atoms with Crippen LogP contribution in [0.25, 0.3) is 0 Å². The lowest BCUT2D eigenvalue weighted by Crippen LogP contribution is -1.98. The topological polar surface area (TPSA) is 54.0 Å². The molecule has 0 saturated carbocycles. The second kappa shape index (κ2) is 14.9. The molecule has 0 aromatic heterocycles. The molecule has 0 bridgehead atoms. The van der Waals surface area contributed by atoms with E-state index in [0.717, 1.165) is 6.42 Å². The number of ether oxygens (including phenoxy) is 4. The molecule has 5 nitrogen and oxygen atoms in total. The summed E-state index contributed by atoms with van der Waals surface area (Å²) in [6, 6.07) is 0. The Morgan fingerprint density at radius 1 is 1.07 bits per heavy atom. The molecule has 0 amide bonds. The normalized spacial score (nSPS) is 8.86. The van der Waals surface area contributed by atoms with Crippen LogP contribution in [0.5, 0.6) is 0 Å². The maximum Gasteiger partial charge on any atom is 0.305 e. The van der Waals surface area contributed by atoms with Crippen LogP contribution >= 0.6 is 0 Å². The predicted octanol–water partition coefficient (Wildman–Crippen LogP) is 1.17. The molecular formula is C9H20O5. The van der Waals surface area contributed by atoms with Gasteiger partial charge in [-0.05, 0) is 6.42 Å². The third kappa shape index (κ3) is 17.4. The van der Waals surface area contributed by atoms with Crippen LogP contribution in [0.4, 0.5) is 0 Å². The van der Waals surface area contributed by atoms with Gasteiger partial charge in [0.2, 0.25) is 0 Å². The number of esters is 1. The van der Waals surface area contributed by atoms with Gasteiger partial charge in [0.05, 0.1) is 7.11 Å². The minimum Gasteiger partial charge on any atom is -0.469 e. The number of hydrogen-bond acceptors (Lipinski definition) is 5. The lowest BCUT2D eigenvalue weighted by Gasteiger charge is -1.97. The molecule has 0 heterocycles. The van der Waals surface area contributed by atoms with Gasteiger partial charge in [0, 0.05) is 20.6 Å². The van der Waals surface area contributed by atoms with Gasteiger partial charge in [-0.3, -0.25) is 4.79 Å². The molecular weight excluding hydrogens is 188 g/mol. The summed E-state index contributed by atoms with van der Waals surface area (Å²) in [6.07, 6.45) is 1.41. The van der Waals surface area contributed by atoms with Gasteiger partial charge in [-0.25, -0.2) is 0 Å². The third-order valence-electron chi connectivity index (χ3n) is 1.08. The van der Waals surface area contributed by atoms with Crippen LogP contribution in [0.15, 0.2) is 0 Å². The van der Waals surface area contributed by atoms with Gasteiger partial charge in [0.1, 0.15) is 13.6 Å². The van der Waals surface area contributed by atoms with Gasteiger partial charge in [0.25, 0.3) is 0 Å². The Hall–Kier alpha value is -0.650. The lowest BCUT2D eigenvalue weighted by atomic mass is 10.3. The van der Waals surface area contributed by atoms with Gasteiger partial charge in [-0.15, -0.1) is 0 Å². The molecule has 0 aliphatic heterocycles. The highest BCUT2D eigenvalue weighted by molar-refractivity contribution is 5.68. The molecule has 0 fully saturated rings. The van der Waals surface area contributed by atoms with E-state index in [2.05, 4.69) is 18.9 Å². The first-order valence-electron chi connectivity index (χ1n) is 4.35. The number of methoxy groups -OCH3 is 3. The summed E-state index contributed by atoms with van der Waals surface area (Å²) >= 11 is 0. The Balaban J connectivity index is 0. The smallest absolute Gasteiger partial charge is 0.305 e. The minimum absolute atomic E-state index is 0.123.